The van der Waals surface area contributed by atoms with Crippen LogP contribution in [0.25, 0.3) is 0 Å². The normalized spacial score (nSPS) is 16.3. The number of nitrogens with one attached hydrogen (secondary N) is 2. The van der Waals surface area contributed by atoms with Crippen LogP contribution in [-0.2, 0) is 12.8 Å². The molecule has 0 fully saturated rings. The zero-order chi connectivity index (χ0) is 9.26. The molecule has 0 aliphatic heterocycles. The van der Waals surface area contributed by atoms with Gasteiger partial charge in [-0.3, -0.25) is 9.78 Å². The van der Waals surface area contributed by atoms with Gasteiger partial charge in [-0.15, -0.1) is 0 Å². The quantitative estimate of drug-likeness (QED) is 0.490. The van der Waals surface area contributed by atoms with Gasteiger partial charge in [0.2, 0.25) is 0 Å². The summed E-state index contributed by atoms with van der Waals surface area (Å²) in [6, 6.07) is 0. The molecule has 0 radical (unpaired) electrons. The Hall–Kier alpha value is -0.900. The molecule has 13 heavy (non-hydrogen) atoms. The smallest absolute Gasteiger partial charge is 0.255 e. The maximum atomic E-state index is 11.5. The Balaban J connectivity index is 2.60. The van der Waals surface area contributed by atoms with Crippen molar-refractivity contribution in [3.63, 3.8) is 0 Å². The molecule has 1 aliphatic rings. The summed E-state index contributed by atoms with van der Waals surface area (Å²) >= 11 is 4.92. The lowest BCUT2D eigenvalue weighted by atomic mass is 10.1. The average molecular weight is 196 g/mol. The van der Waals surface area contributed by atoms with Crippen molar-refractivity contribution in [2.45, 2.75) is 32.1 Å². The molecule has 1 heterocycles. The van der Waals surface area contributed by atoms with E-state index in [9.17, 15) is 4.79 Å². The van der Waals surface area contributed by atoms with Crippen molar-refractivity contribution in [3.05, 3.63) is 26.4 Å². The van der Waals surface area contributed by atoms with E-state index < -0.39 is 0 Å². The summed E-state index contributed by atoms with van der Waals surface area (Å²) < 4.78 is 0.450. The van der Waals surface area contributed by atoms with Crippen molar-refractivity contribution in [2.24, 2.45) is 0 Å². The molecule has 70 valence electrons. The third-order valence-corrected chi connectivity index (χ3v) is 2.69. The zero-order valence-corrected chi connectivity index (χ0v) is 8.17. The number of aromatic nitrogens is 2. The van der Waals surface area contributed by atoms with E-state index in [0.29, 0.717) is 4.77 Å². The monoisotopic (exact) mass is 196 g/mol. The first-order valence-electron chi connectivity index (χ1n) is 4.62. The predicted molar refractivity (Wildman–Crippen MR) is 53.5 cm³/mol. The number of fused-ring (bicyclic) bond motifs is 1. The molecule has 4 heteroatoms. The van der Waals surface area contributed by atoms with Gasteiger partial charge in [0, 0.05) is 11.3 Å². The summed E-state index contributed by atoms with van der Waals surface area (Å²) in [5.74, 6) is 0. The lowest BCUT2D eigenvalue weighted by Crippen LogP contribution is -2.16. The Labute approximate surface area is 81.2 Å². The maximum absolute atomic E-state index is 11.5. The lowest BCUT2D eigenvalue weighted by Gasteiger charge is -2.02. The lowest BCUT2D eigenvalue weighted by molar-refractivity contribution is 0.708. The second kappa shape index (κ2) is 3.46. The zero-order valence-electron chi connectivity index (χ0n) is 7.35. The maximum Gasteiger partial charge on any atom is 0.255 e. The van der Waals surface area contributed by atoms with Crippen LogP contribution in [0, 0.1) is 4.77 Å². The molecule has 2 rings (SSSR count). The highest BCUT2D eigenvalue weighted by Crippen LogP contribution is 2.14. The summed E-state index contributed by atoms with van der Waals surface area (Å²) in [5.41, 5.74) is 1.96. The van der Waals surface area contributed by atoms with Gasteiger partial charge in [-0.2, -0.15) is 0 Å². The van der Waals surface area contributed by atoms with E-state index in [4.69, 9.17) is 12.2 Å². The molecule has 2 N–H and O–H groups in total. The second-order valence-corrected chi connectivity index (χ2v) is 3.83. The van der Waals surface area contributed by atoms with E-state index in [-0.39, 0.29) is 5.56 Å². The highest BCUT2D eigenvalue weighted by molar-refractivity contribution is 7.71. The topological polar surface area (TPSA) is 48.6 Å². The molecule has 0 aromatic carbocycles. The second-order valence-electron chi connectivity index (χ2n) is 3.43. The standard InChI is InChI=1S/C9H12N2OS/c12-8-6-4-2-1-3-5-7(6)10-9(13)11-8/h1-5H2,(H2,10,11,12,13). The van der Waals surface area contributed by atoms with Gasteiger partial charge in [0.05, 0.1) is 0 Å². The van der Waals surface area contributed by atoms with Crippen molar-refractivity contribution in [2.75, 3.05) is 0 Å². The van der Waals surface area contributed by atoms with Crippen LogP contribution >= 0.6 is 12.2 Å². The van der Waals surface area contributed by atoms with Gasteiger partial charge in [-0.05, 0) is 37.9 Å². The molecular formula is C9H12N2OS. The number of hydrogen-bond acceptors (Lipinski definition) is 2. The highest BCUT2D eigenvalue weighted by Gasteiger charge is 2.11. The molecule has 0 saturated heterocycles. The predicted octanol–water partition coefficient (Wildman–Crippen LogP) is 1.70. The minimum Gasteiger partial charge on any atom is -0.336 e. The summed E-state index contributed by atoms with van der Waals surface area (Å²) in [4.78, 5) is 17.2. The SMILES string of the molecule is O=c1[nH]c(=S)[nH]c2c1CCCCC2. The van der Waals surface area contributed by atoms with Crippen LogP contribution in [0.2, 0.25) is 0 Å². The first kappa shape index (κ1) is 8.69. The molecule has 0 atom stereocenters. The molecule has 0 spiro atoms. The average Bonchev–Trinajstić information content (AvgIpc) is 2.28. The van der Waals surface area contributed by atoms with Crippen molar-refractivity contribution in [3.8, 4) is 0 Å². The number of H-pyrrole nitrogens is 2. The van der Waals surface area contributed by atoms with E-state index in [1.54, 1.807) is 0 Å². The van der Waals surface area contributed by atoms with E-state index >= 15 is 0 Å². The molecule has 0 bridgehead atoms. The van der Waals surface area contributed by atoms with Crippen LogP contribution in [0.4, 0.5) is 0 Å². The number of aryl methyl sites for hydroxylation is 1. The van der Waals surface area contributed by atoms with Crippen LogP contribution in [0.5, 0.6) is 0 Å². The summed E-state index contributed by atoms with van der Waals surface area (Å²) in [6.07, 6.45) is 5.32. The van der Waals surface area contributed by atoms with Crippen LogP contribution < -0.4 is 5.56 Å². The summed E-state index contributed by atoms with van der Waals surface area (Å²) in [5, 5.41) is 0. The van der Waals surface area contributed by atoms with Gasteiger partial charge in [0.15, 0.2) is 4.77 Å². The van der Waals surface area contributed by atoms with E-state index in [1.165, 1.54) is 6.42 Å². The Morgan fingerprint density at radius 3 is 2.69 bits per heavy atom. The number of hydrogen-bond donors (Lipinski definition) is 2. The Kier molecular flexibility index (Phi) is 2.31. The van der Waals surface area contributed by atoms with Gasteiger partial charge >= 0.3 is 0 Å². The number of rotatable bonds is 0. The largest absolute Gasteiger partial charge is 0.336 e. The van der Waals surface area contributed by atoms with Crippen molar-refractivity contribution in [1.82, 2.24) is 9.97 Å². The van der Waals surface area contributed by atoms with Crippen LogP contribution in [0.15, 0.2) is 4.79 Å². The first-order valence-corrected chi connectivity index (χ1v) is 5.02. The summed E-state index contributed by atoms with van der Waals surface area (Å²) in [6.45, 7) is 0. The Morgan fingerprint density at radius 1 is 1.08 bits per heavy atom. The highest BCUT2D eigenvalue weighted by atomic mass is 32.1. The Bertz CT molecular complexity index is 418. The van der Waals surface area contributed by atoms with Crippen molar-refractivity contribution in [1.29, 1.82) is 0 Å². The fourth-order valence-electron chi connectivity index (χ4n) is 1.82. The third kappa shape index (κ3) is 1.72. The van der Waals surface area contributed by atoms with Gasteiger partial charge < -0.3 is 4.98 Å². The van der Waals surface area contributed by atoms with E-state index in [0.717, 1.165) is 36.9 Å². The van der Waals surface area contributed by atoms with Crippen LogP contribution in [0.1, 0.15) is 30.5 Å². The molecule has 0 amide bonds. The molecule has 3 nitrogen and oxygen atoms in total. The minimum absolute atomic E-state index is 0.000602. The third-order valence-electron chi connectivity index (χ3n) is 2.48. The van der Waals surface area contributed by atoms with E-state index in [1.807, 2.05) is 0 Å². The van der Waals surface area contributed by atoms with Gasteiger partial charge in [0.1, 0.15) is 0 Å². The van der Waals surface area contributed by atoms with Crippen molar-refractivity contribution < 1.29 is 0 Å². The van der Waals surface area contributed by atoms with E-state index in [2.05, 4.69) is 9.97 Å². The first-order chi connectivity index (χ1) is 6.27. The fraction of sp³-hybridized carbons (Fsp3) is 0.556. The van der Waals surface area contributed by atoms with Crippen molar-refractivity contribution >= 4 is 12.2 Å². The molecule has 1 aromatic heterocycles. The van der Waals surface area contributed by atoms with Gasteiger partial charge in [-0.1, -0.05) is 6.42 Å². The fourth-order valence-corrected chi connectivity index (χ4v) is 2.03. The van der Waals surface area contributed by atoms with Crippen LogP contribution in [0.3, 0.4) is 0 Å². The molecule has 1 aliphatic carbocycles. The molecule has 0 unspecified atom stereocenters. The van der Waals surface area contributed by atoms with Crippen LogP contribution in [-0.4, -0.2) is 9.97 Å². The molecule has 1 aromatic rings. The molecular weight excluding hydrogens is 184 g/mol. The van der Waals surface area contributed by atoms with Gasteiger partial charge in [-0.25, -0.2) is 0 Å². The summed E-state index contributed by atoms with van der Waals surface area (Å²) in [7, 11) is 0. The Morgan fingerprint density at radius 2 is 1.85 bits per heavy atom. The van der Waals surface area contributed by atoms with Gasteiger partial charge in [0.25, 0.3) is 5.56 Å². The number of aromatic amines is 2. The minimum atomic E-state index is 0.000602. The molecule has 0 saturated carbocycles.